The Morgan fingerprint density at radius 1 is 1.33 bits per heavy atom. The van der Waals surface area contributed by atoms with Crippen molar-refractivity contribution in [2.24, 2.45) is 16.8 Å². The topological polar surface area (TPSA) is 136 Å². The highest BCUT2D eigenvalue weighted by Crippen LogP contribution is 2.27. The van der Waals surface area contributed by atoms with Crippen LogP contribution in [0.5, 0.6) is 0 Å². The first-order chi connectivity index (χ1) is 12.1. The van der Waals surface area contributed by atoms with Crippen molar-refractivity contribution in [3.8, 4) is 0 Å². The van der Waals surface area contributed by atoms with Crippen LogP contribution in [0.25, 0.3) is 0 Å². The number of carbonyl (C=O) groups is 2. The third-order valence-corrected chi connectivity index (χ3v) is 5.89. The monoisotopic (exact) mass is 418 g/mol. The number of amides is 2. The molecule has 8 nitrogen and oxygen atoms in total. The number of carbonyl (C=O) groups excluding carboxylic acids is 2. The maximum atomic E-state index is 12.4. The second-order valence-electron chi connectivity index (χ2n) is 6.74. The van der Waals surface area contributed by atoms with E-state index in [1.165, 1.54) is 23.1 Å². The minimum atomic E-state index is -3.86. The van der Waals surface area contributed by atoms with E-state index in [2.05, 4.69) is 5.32 Å². The van der Waals surface area contributed by atoms with Gasteiger partial charge >= 0.3 is 0 Å². The number of anilines is 1. The van der Waals surface area contributed by atoms with E-state index in [-0.39, 0.29) is 42.1 Å². The van der Waals surface area contributed by atoms with Gasteiger partial charge in [0.2, 0.25) is 21.8 Å². The van der Waals surface area contributed by atoms with Crippen LogP contribution in [0.1, 0.15) is 33.1 Å². The summed E-state index contributed by atoms with van der Waals surface area (Å²) in [5, 5.41) is 7.97. The van der Waals surface area contributed by atoms with E-state index in [9.17, 15) is 18.0 Å². The van der Waals surface area contributed by atoms with Crippen LogP contribution in [-0.4, -0.2) is 38.9 Å². The van der Waals surface area contributed by atoms with Gasteiger partial charge in [-0.1, -0.05) is 19.9 Å². The lowest BCUT2D eigenvalue weighted by atomic mass is 9.94. The quantitative estimate of drug-likeness (QED) is 0.600. The van der Waals surface area contributed by atoms with Crippen LogP contribution in [0.15, 0.2) is 29.2 Å². The van der Waals surface area contributed by atoms with E-state index in [0.29, 0.717) is 12.2 Å². The van der Waals surface area contributed by atoms with Crippen LogP contribution < -0.4 is 21.1 Å². The third-order valence-electron chi connectivity index (χ3n) is 4.98. The lowest BCUT2D eigenvalue weighted by Gasteiger charge is -2.27. The second-order valence-corrected chi connectivity index (χ2v) is 8.30. The average molecular weight is 419 g/mol. The van der Waals surface area contributed by atoms with Crippen molar-refractivity contribution in [2.75, 3.05) is 18.0 Å². The molecular weight excluding hydrogens is 392 g/mol. The molecule has 0 aliphatic carbocycles. The third kappa shape index (κ3) is 5.65. The highest BCUT2D eigenvalue weighted by molar-refractivity contribution is 7.89. The Morgan fingerprint density at radius 3 is 2.52 bits per heavy atom. The molecule has 5 N–H and O–H groups in total. The zero-order valence-electron chi connectivity index (χ0n) is 15.5. The second kappa shape index (κ2) is 9.01. The Labute approximate surface area is 166 Å². The molecule has 2 amide bonds. The van der Waals surface area contributed by atoms with E-state index in [0.717, 1.165) is 12.8 Å². The van der Waals surface area contributed by atoms with Gasteiger partial charge in [-0.3, -0.25) is 9.59 Å². The highest BCUT2D eigenvalue weighted by atomic mass is 35.5. The fraction of sp³-hybridized carbons (Fsp3) is 0.529. The standard InChI is InChI=1S/C17H26N4O4S.ClH/c1-3-17(18,4-2)11-20-16(23)12-8-15(22)21(10-12)13-6-5-7-14(9-13)26(19,24)25;/h5-7,9,12H,3-4,8,10-11,18H2,1-2H3,(H,20,23)(H2,19,24,25);1H. The van der Waals surface area contributed by atoms with Crippen LogP contribution in [0, 0.1) is 5.92 Å². The first kappa shape index (κ1) is 23.4. The molecule has 0 spiro atoms. The first-order valence-corrected chi connectivity index (χ1v) is 10.1. The number of hydrogen-bond donors (Lipinski definition) is 3. The molecule has 1 unspecified atom stereocenters. The van der Waals surface area contributed by atoms with E-state index in [4.69, 9.17) is 10.9 Å². The average Bonchev–Trinajstić information content (AvgIpc) is 3.00. The number of nitrogens with one attached hydrogen (secondary N) is 1. The molecule has 0 aromatic heterocycles. The Bertz CT molecular complexity index is 796. The molecule has 1 heterocycles. The summed E-state index contributed by atoms with van der Waals surface area (Å²) in [6.45, 7) is 4.48. The summed E-state index contributed by atoms with van der Waals surface area (Å²) in [6, 6.07) is 5.83. The van der Waals surface area contributed by atoms with E-state index in [1.807, 2.05) is 13.8 Å². The van der Waals surface area contributed by atoms with Crippen LogP contribution in [-0.2, 0) is 19.6 Å². The van der Waals surface area contributed by atoms with Gasteiger partial charge in [-0.15, -0.1) is 12.4 Å². The molecule has 1 atom stereocenters. The Hall–Kier alpha value is -1.68. The number of nitrogens with zero attached hydrogens (tertiary/aromatic N) is 1. The summed E-state index contributed by atoms with van der Waals surface area (Å²) in [5.41, 5.74) is 6.14. The molecule has 0 bridgehead atoms. The molecule has 1 saturated heterocycles. The summed E-state index contributed by atoms with van der Waals surface area (Å²) in [6.07, 6.45) is 1.54. The van der Waals surface area contributed by atoms with Crippen LogP contribution in [0.3, 0.4) is 0 Å². The molecule has 1 fully saturated rings. The molecule has 1 aliphatic heterocycles. The number of halogens is 1. The van der Waals surface area contributed by atoms with Crippen molar-refractivity contribution in [1.82, 2.24) is 5.32 Å². The highest BCUT2D eigenvalue weighted by Gasteiger charge is 2.36. The normalized spacial score (nSPS) is 17.6. The summed E-state index contributed by atoms with van der Waals surface area (Å²) in [7, 11) is -3.86. The minimum absolute atomic E-state index is 0. The van der Waals surface area contributed by atoms with Crippen molar-refractivity contribution < 1.29 is 18.0 Å². The molecule has 1 aromatic carbocycles. The number of benzene rings is 1. The zero-order chi connectivity index (χ0) is 19.5. The molecular formula is C17H27ClN4O4S. The fourth-order valence-corrected chi connectivity index (χ4v) is 3.42. The van der Waals surface area contributed by atoms with E-state index >= 15 is 0 Å². The lowest BCUT2D eigenvalue weighted by molar-refractivity contribution is -0.126. The summed E-state index contributed by atoms with van der Waals surface area (Å²) >= 11 is 0. The Morgan fingerprint density at radius 2 is 1.96 bits per heavy atom. The first-order valence-electron chi connectivity index (χ1n) is 8.59. The molecule has 2 rings (SSSR count). The maximum absolute atomic E-state index is 12.4. The zero-order valence-corrected chi connectivity index (χ0v) is 17.1. The number of sulfonamides is 1. The molecule has 0 saturated carbocycles. The number of primary sulfonamides is 1. The van der Waals surface area contributed by atoms with Crippen molar-refractivity contribution in [3.63, 3.8) is 0 Å². The van der Waals surface area contributed by atoms with E-state index < -0.39 is 21.5 Å². The number of hydrogen-bond acceptors (Lipinski definition) is 5. The van der Waals surface area contributed by atoms with Gasteiger partial charge in [0.15, 0.2) is 0 Å². The van der Waals surface area contributed by atoms with Gasteiger partial charge in [0.25, 0.3) is 0 Å². The minimum Gasteiger partial charge on any atom is -0.354 e. The van der Waals surface area contributed by atoms with Gasteiger partial charge in [-0.2, -0.15) is 0 Å². The Kier molecular flexibility index (Phi) is 7.79. The van der Waals surface area contributed by atoms with E-state index in [1.54, 1.807) is 6.07 Å². The molecule has 1 aliphatic rings. The lowest BCUT2D eigenvalue weighted by Crippen LogP contribution is -2.50. The van der Waals surface area contributed by atoms with Gasteiger partial charge in [0.05, 0.1) is 10.8 Å². The van der Waals surface area contributed by atoms with Crippen molar-refractivity contribution >= 4 is 39.9 Å². The molecule has 10 heteroatoms. The summed E-state index contributed by atoms with van der Waals surface area (Å²) < 4.78 is 23.0. The van der Waals surface area contributed by atoms with Crippen LogP contribution in [0.2, 0.25) is 0 Å². The fourth-order valence-electron chi connectivity index (χ4n) is 2.87. The predicted octanol–water partition coefficient (Wildman–Crippen LogP) is 0.742. The van der Waals surface area contributed by atoms with Gasteiger partial charge in [0.1, 0.15) is 0 Å². The molecule has 152 valence electrons. The Balaban J connectivity index is 0.00000364. The molecule has 27 heavy (non-hydrogen) atoms. The predicted molar refractivity (Wildman–Crippen MR) is 106 cm³/mol. The van der Waals surface area contributed by atoms with Crippen LogP contribution >= 0.6 is 12.4 Å². The van der Waals surface area contributed by atoms with Gasteiger partial charge in [-0.05, 0) is 31.0 Å². The summed E-state index contributed by atoms with van der Waals surface area (Å²) in [5.74, 6) is -0.958. The van der Waals surface area contributed by atoms with Crippen LogP contribution in [0.4, 0.5) is 5.69 Å². The van der Waals surface area contributed by atoms with Gasteiger partial charge in [-0.25, -0.2) is 13.6 Å². The number of nitrogens with two attached hydrogens (primary N) is 2. The smallest absolute Gasteiger partial charge is 0.238 e. The maximum Gasteiger partial charge on any atom is 0.238 e. The van der Waals surface area contributed by atoms with Crippen molar-refractivity contribution in [1.29, 1.82) is 0 Å². The van der Waals surface area contributed by atoms with Crippen molar-refractivity contribution in [3.05, 3.63) is 24.3 Å². The summed E-state index contributed by atoms with van der Waals surface area (Å²) in [4.78, 5) is 26.1. The largest absolute Gasteiger partial charge is 0.354 e. The van der Waals surface area contributed by atoms with Gasteiger partial charge in [0, 0.05) is 30.7 Å². The van der Waals surface area contributed by atoms with Gasteiger partial charge < -0.3 is 16.0 Å². The molecule has 0 radical (unpaired) electrons. The van der Waals surface area contributed by atoms with Crippen molar-refractivity contribution in [2.45, 2.75) is 43.5 Å². The SMILES string of the molecule is CCC(N)(CC)CNC(=O)C1CC(=O)N(c2cccc(S(N)(=O)=O)c2)C1.Cl. The molecule has 1 aromatic rings. The number of rotatable bonds is 7.